The minimum absolute atomic E-state index is 0.111. The van der Waals surface area contributed by atoms with E-state index in [0.717, 1.165) is 25.7 Å². The van der Waals surface area contributed by atoms with E-state index >= 15 is 0 Å². The lowest BCUT2D eigenvalue weighted by molar-refractivity contribution is -0.142. The van der Waals surface area contributed by atoms with Crippen LogP contribution in [-0.4, -0.2) is 33.7 Å². The Morgan fingerprint density at radius 2 is 1.86 bits per heavy atom. The number of likely N-dealkylation sites (tertiary alicyclic amines) is 1. The van der Waals surface area contributed by atoms with E-state index in [1.54, 1.807) is 4.90 Å². The van der Waals surface area contributed by atoms with E-state index < -0.39 is 11.9 Å². The number of aromatic nitrogens is 2. The highest BCUT2D eigenvalue weighted by molar-refractivity contribution is 5.76. The SMILES string of the molecule is O=C(Cn1nc(C(F)(F)F)c2c1CCCC2)N1CCCC(c2ccccc2)C1. The maximum absolute atomic E-state index is 13.3. The molecule has 1 aliphatic carbocycles. The third-order valence-corrected chi connectivity index (χ3v) is 5.86. The van der Waals surface area contributed by atoms with Crippen molar-refractivity contribution in [3.8, 4) is 0 Å². The van der Waals surface area contributed by atoms with E-state index in [9.17, 15) is 18.0 Å². The van der Waals surface area contributed by atoms with Crippen molar-refractivity contribution in [2.75, 3.05) is 13.1 Å². The molecule has 4 rings (SSSR count). The molecular weight excluding hydrogens is 367 g/mol. The number of carbonyl (C=O) groups is 1. The largest absolute Gasteiger partial charge is 0.435 e. The molecule has 1 aromatic carbocycles. The number of piperidine rings is 1. The van der Waals surface area contributed by atoms with Crippen LogP contribution in [0.4, 0.5) is 13.2 Å². The average Bonchev–Trinajstić information content (AvgIpc) is 3.08. The first-order valence-corrected chi connectivity index (χ1v) is 9.92. The van der Waals surface area contributed by atoms with E-state index in [1.807, 2.05) is 18.2 Å². The number of rotatable bonds is 3. The van der Waals surface area contributed by atoms with Gasteiger partial charge in [-0.2, -0.15) is 18.3 Å². The standard InChI is InChI=1S/C21H24F3N3O/c22-21(23,24)20-17-10-4-5-11-18(17)27(25-20)14-19(28)26-12-6-9-16(13-26)15-7-2-1-3-8-15/h1-3,7-8,16H,4-6,9-14H2. The van der Waals surface area contributed by atoms with Gasteiger partial charge in [-0.15, -0.1) is 0 Å². The van der Waals surface area contributed by atoms with Crippen molar-refractivity contribution in [2.45, 2.75) is 57.2 Å². The molecule has 1 aromatic heterocycles. The summed E-state index contributed by atoms with van der Waals surface area (Å²) in [6.45, 7) is 1.15. The van der Waals surface area contributed by atoms with Gasteiger partial charge >= 0.3 is 6.18 Å². The van der Waals surface area contributed by atoms with Crippen LogP contribution in [0.5, 0.6) is 0 Å². The summed E-state index contributed by atoms with van der Waals surface area (Å²) in [6, 6.07) is 10.1. The number of fused-ring (bicyclic) bond motifs is 1. The van der Waals surface area contributed by atoms with Gasteiger partial charge in [0.05, 0.1) is 0 Å². The van der Waals surface area contributed by atoms with E-state index in [4.69, 9.17) is 0 Å². The maximum Gasteiger partial charge on any atom is 0.435 e. The molecule has 1 saturated heterocycles. The van der Waals surface area contributed by atoms with Crippen LogP contribution in [0.3, 0.4) is 0 Å². The van der Waals surface area contributed by atoms with Crippen LogP contribution < -0.4 is 0 Å². The molecule has 1 atom stereocenters. The Balaban J connectivity index is 1.51. The highest BCUT2D eigenvalue weighted by Crippen LogP contribution is 2.36. The van der Waals surface area contributed by atoms with Gasteiger partial charge in [0.1, 0.15) is 6.54 Å². The molecule has 150 valence electrons. The lowest BCUT2D eigenvalue weighted by Crippen LogP contribution is -2.41. The van der Waals surface area contributed by atoms with Crippen LogP contribution >= 0.6 is 0 Å². The number of alkyl halides is 3. The fourth-order valence-corrected chi connectivity index (χ4v) is 4.46. The predicted molar refractivity (Wildman–Crippen MR) is 98.9 cm³/mol. The summed E-state index contributed by atoms with van der Waals surface area (Å²) in [4.78, 5) is 14.7. The zero-order valence-electron chi connectivity index (χ0n) is 15.7. The Morgan fingerprint density at radius 1 is 1.11 bits per heavy atom. The molecule has 0 saturated carbocycles. The van der Waals surface area contributed by atoms with Crippen LogP contribution in [-0.2, 0) is 30.4 Å². The molecular formula is C21H24F3N3O. The van der Waals surface area contributed by atoms with Crippen LogP contribution in [0.15, 0.2) is 30.3 Å². The molecule has 1 fully saturated rings. The first-order valence-electron chi connectivity index (χ1n) is 9.92. The van der Waals surface area contributed by atoms with Crippen LogP contribution in [0.25, 0.3) is 0 Å². The van der Waals surface area contributed by atoms with Gasteiger partial charge in [0.2, 0.25) is 5.91 Å². The van der Waals surface area contributed by atoms with Gasteiger partial charge in [0.15, 0.2) is 5.69 Å². The average molecular weight is 391 g/mol. The van der Waals surface area contributed by atoms with Gasteiger partial charge in [-0.3, -0.25) is 9.48 Å². The van der Waals surface area contributed by atoms with Crippen LogP contribution in [0.2, 0.25) is 0 Å². The smallest absolute Gasteiger partial charge is 0.340 e. The molecule has 0 bridgehead atoms. The molecule has 2 heterocycles. The molecule has 2 aromatic rings. The molecule has 28 heavy (non-hydrogen) atoms. The number of carbonyl (C=O) groups excluding carboxylic acids is 1. The Morgan fingerprint density at radius 3 is 2.61 bits per heavy atom. The second-order valence-electron chi connectivity index (χ2n) is 7.73. The quantitative estimate of drug-likeness (QED) is 0.787. The fourth-order valence-electron chi connectivity index (χ4n) is 4.46. The predicted octanol–water partition coefficient (Wildman–Crippen LogP) is 4.19. The third kappa shape index (κ3) is 3.80. The number of halogens is 3. The van der Waals surface area contributed by atoms with E-state index in [0.29, 0.717) is 31.6 Å². The van der Waals surface area contributed by atoms with E-state index in [-0.39, 0.29) is 23.9 Å². The summed E-state index contributed by atoms with van der Waals surface area (Å²) in [7, 11) is 0. The van der Waals surface area contributed by atoms with Crippen molar-refractivity contribution in [3.63, 3.8) is 0 Å². The molecule has 1 amide bonds. The molecule has 0 radical (unpaired) electrons. The van der Waals surface area contributed by atoms with Gasteiger partial charge in [0, 0.05) is 30.3 Å². The highest BCUT2D eigenvalue weighted by atomic mass is 19.4. The Bertz CT molecular complexity index is 845. The van der Waals surface area contributed by atoms with Crippen molar-refractivity contribution in [3.05, 3.63) is 52.8 Å². The molecule has 1 unspecified atom stereocenters. The van der Waals surface area contributed by atoms with Gasteiger partial charge in [0.25, 0.3) is 0 Å². The number of nitrogens with zero attached hydrogens (tertiary/aromatic N) is 3. The lowest BCUT2D eigenvalue weighted by atomic mass is 9.90. The van der Waals surface area contributed by atoms with Crippen LogP contribution in [0.1, 0.15) is 54.1 Å². The van der Waals surface area contributed by atoms with Crippen molar-refractivity contribution >= 4 is 5.91 Å². The summed E-state index contributed by atoms with van der Waals surface area (Å²) in [5.41, 5.74) is 1.27. The number of amides is 1. The van der Waals surface area contributed by atoms with Crippen molar-refractivity contribution in [2.24, 2.45) is 0 Å². The molecule has 1 aliphatic heterocycles. The minimum atomic E-state index is -4.47. The topological polar surface area (TPSA) is 38.1 Å². The summed E-state index contributed by atoms with van der Waals surface area (Å²) in [6.07, 6.45) is -0.0418. The molecule has 0 spiro atoms. The molecule has 2 aliphatic rings. The van der Waals surface area contributed by atoms with Gasteiger partial charge < -0.3 is 4.90 Å². The second kappa shape index (κ2) is 7.60. The molecule has 0 N–H and O–H groups in total. The summed E-state index contributed by atoms with van der Waals surface area (Å²) >= 11 is 0. The van der Waals surface area contributed by atoms with Crippen LogP contribution in [0, 0.1) is 0 Å². The molecule has 7 heteroatoms. The van der Waals surface area contributed by atoms with Gasteiger partial charge in [-0.1, -0.05) is 30.3 Å². The maximum atomic E-state index is 13.3. The number of hydrogen-bond acceptors (Lipinski definition) is 2. The zero-order valence-corrected chi connectivity index (χ0v) is 15.7. The zero-order chi connectivity index (χ0) is 19.7. The first-order chi connectivity index (χ1) is 13.4. The van der Waals surface area contributed by atoms with Crippen molar-refractivity contribution in [1.82, 2.24) is 14.7 Å². The fraction of sp³-hybridized carbons (Fsp3) is 0.524. The van der Waals surface area contributed by atoms with Crippen molar-refractivity contribution < 1.29 is 18.0 Å². The Kier molecular flexibility index (Phi) is 5.17. The normalized spacial score (nSPS) is 20.1. The van der Waals surface area contributed by atoms with E-state index in [1.165, 1.54) is 10.2 Å². The highest BCUT2D eigenvalue weighted by Gasteiger charge is 2.40. The number of hydrogen-bond donors (Lipinski definition) is 0. The Labute approximate surface area is 162 Å². The van der Waals surface area contributed by atoms with E-state index in [2.05, 4.69) is 17.2 Å². The first kappa shape index (κ1) is 19.0. The number of benzene rings is 1. The van der Waals surface area contributed by atoms with Crippen molar-refractivity contribution in [1.29, 1.82) is 0 Å². The summed E-state index contributed by atoms with van der Waals surface area (Å²) in [5, 5.41) is 3.82. The monoisotopic (exact) mass is 391 g/mol. The Hall–Kier alpha value is -2.31. The van der Waals surface area contributed by atoms with Gasteiger partial charge in [-0.25, -0.2) is 0 Å². The van der Waals surface area contributed by atoms with Gasteiger partial charge in [-0.05, 0) is 44.1 Å². The molecule has 4 nitrogen and oxygen atoms in total. The lowest BCUT2D eigenvalue weighted by Gasteiger charge is -2.33. The summed E-state index contributed by atoms with van der Waals surface area (Å²) < 4.78 is 41.4. The minimum Gasteiger partial charge on any atom is -0.340 e. The third-order valence-electron chi connectivity index (χ3n) is 5.86. The summed E-state index contributed by atoms with van der Waals surface area (Å²) in [5.74, 6) is 0.126. The second-order valence-corrected chi connectivity index (χ2v) is 7.73.